The van der Waals surface area contributed by atoms with Gasteiger partial charge in [0.15, 0.2) is 0 Å². The van der Waals surface area contributed by atoms with E-state index in [0.717, 1.165) is 18.2 Å². The van der Waals surface area contributed by atoms with Crippen LogP contribution in [0.2, 0.25) is 0 Å². The van der Waals surface area contributed by atoms with Gasteiger partial charge in [0.05, 0.1) is 5.92 Å². The van der Waals surface area contributed by atoms with Crippen LogP contribution in [-0.2, 0) is 0 Å². The zero-order valence-electron chi connectivity index (χ0n) is 6.70. The van der Waals surface area contributed by atoms with E-state index >= 15 is 0 Å². The van der Waals surface area contributed by atoms with Crippen LogP contribution in [0.1, 0.15) is 25.7 Å². The number of halogens is 4. The summed E-state index contributed by atoms with van der Waals surface area (Å²) in [5.41, 5.74) is 0. The molecule has 0 radical (unpaired) electrons. The molecule has 12 heavy (non-hydrogen) atoms. The summed E-state index contributed by atoms with van der Waals surface area (Å²) < 4.78 is 36.5. The van der Waals surface area contributed by atoms with Crippen molar-refractivity contribution in [2.45, 2.75) is 31.9 Å². The van der Waals surface area contributed by atoms with Gasteiger partial charge in [0.2, 0.25) is 0 Å². The lowest BCUT2D eigenvalue weighted by molar-refractivity contribution is -0.183. The van der Waals surface area contributed by atoms with E-state index in [1.54, 1.807) is 0 Å². The SMILES string of the molecule is FC(F)(F)C1CCC(CBr)CC1. The predicted molar refractivity (Wildman–Crippen MR) is 45.3 cm³/mol. The highest BCUT2D eigenvalue weighted by Gasteiger charge is 2.41. The lowest BCUT2D eigenvalue weighted by Gasteiger charge is -2.28. The van der Waals surface area contributed by atoms with Gasteiger partial charge in [0.25, 0.3) is 0 Å². The highest BCUT2D eigenvalue weighted by Crippen LogP contribution is 2.39. The van der Waals surface area contributed by atoms with Crippen molar-refractivity contribution in [3.05, 3.63) is 0 Å². The van der Waals surface area contributed by atoms with E-state index in [2.05, 4.69) is 15.9 Å². The van der Waals surface area contributed by atoms with Crippen molar-refractivity contribution >= 4 is 15.9 Å². The molecule has 0 N–H and O–H groups in total. The van der Waals surface area contributed by atoms with E-state index in [9.17, 15) is 13.2 Å². The van der Waals surface area contributed by atoms with Crippen LogP contribution in [0.15, 0.2) is 0 Å². The van der Waals surface area contributed by atoms with Crippen LogP contribution in [0, 0.1) is 11.8 Å². The third kappa shape index (κ3) is 2.64. The highest BCUT2D eigenvalue weighted by molar-refractivity contribution is 9.09. The second-order valence-corrected chi connectivity index (χ2v) is 4.06. The lowest BCUT2D eigenvalue weighted by atomic mass is 9.83. The first-order valence-corrected chi connectivity index (χ1v) is 5.29. The number of rotatable bonds is 1. The van der Waals surface area contributed by atoms with Crippen molar-refractivity contribution in [3.8, 4) is 0 Å². The molecular formula is C8H12BrF3. The monoisotopic (exact) mass is 244 g/mol. The standard InChI is InChI=1S/C8H12BrF3/c9-5-6-1-3-7(4-2-6)8(10,11)12/h6-7H,1-5H2. The Morgan fingerprint density at radius 1 is 1.08 bits per heavy atom. The van der Waals surface area contributed by atoms with E-state index in [1.807, 2.05) is 0 Å². The van der Waals surface area contributed by atoms with Crippen molar-refractivity contribution in [1.82, 2.24) is 0 Å². The second kappa shape index (κ2) is 3.99. The van der Waals surface area contributed by atoms with Crippen molar-refractivity contribution in [2.24, 2.45) is 11.8 Å². The molecule has 1 saturated carbocycles. The van der Waals surface area contributed by atoms with Crippen LogP contribution in [0.25, 0.3) is 0 Å². The van der Waals surface area contributed by atoms with Crippen LogP contribution in [0.4, 0.5) is 13.2 Å². The average Bonchev–Trinajstić information content (AvgIpc) is 2.03. The summed E-state index contributed by atoms with van der Waals surface area (Å²) in [5.74, 6) is -0.573. The Morgan fingerprint density at radius 2 is 1.58 bits per heavy atom. The lowest BCUT2D eigenvalue weighted by Crippen LogP contribution is -2.28. The molecule has 0 aromatic heterocycles. The molecule has 0 atom stereocenters. The molecule has 0 unspecified atom stereocenters. The number of alkyl halides is 4. The Kier molecular flexibility index (Phi) is 3.44. The third-order valence-corrected chi connectivity index (χ3v) is 3.44. The molecule has 0 spiro atoms. The van der Waals surface area contributed by atoms with Gasteiger partial charge in [0.1, 0.15) is 0 Å². The molecule has 0 bridgehead atoms. The molecular weight excluding hydrogens is 233 g/mol. The molecule has 1 aliphatic carbocycles. The van der Waals surface area contributed by atoms with E-state index in [0.29, 0.717) is 18.8 Å². The van der Waals surface area contributed by atoms with Crippen LogP contribution < -0.4 is 0 Å². The van der Waals surface area contributed by atoms with E-state index in [-0.39, 0.29) is 0 Å². The molecule has 4 heteroatoms. The molecule has 1 fully saturated rings. The maximum Gasteiger partial charge on any atom is 0.391 e. The summed E-state index contributed by atoms with van der Waals surface area (Å²) in [4.78, 5) is 0. The molecule has 0 nitrogen and oxygen atoms in total. The van der Waals surface area contributed by atoms with Crippen molar-refractivity contribution in [1.29, 1.82) is 0 Å². The Balaban J connectivity index is 2.36. The van der Waals surface area contributed by atoms with Gasteiger partial charge in [-0.25, -0.2) is 0 Å². The number of hydrogen-bond acceptors (Lipinski definition) is 0. The first kappa shape index (κ1) is 10.4. The third-order valence-electron chi connectivity index (χ3n) is 2.53. The van der Waals surface area contributed by atoms with E-state index in [4.69, 9.17) is 0 Å². The minimum atomic E-state index is -3.96. The van der Waals surface area contributed by atoms with Gasteiger partial charge in [0, 0.05) is 5.33 Å². The summed E-state index contributed by atoms with van der Waals surface area (Å²) in [6.07, 6.45) is -1.89. The molecule has 1 rings (SSSR count). The summed E-state index contributed by atoms with van der Waals surface area (Å²) >= 11 is 3.30. The molecule has 0 amide bonds. The zero-order valence-corrected chi connectivity index (χ0v) is 8.29. The summed E-state index contributed by atoms with van der Waals surface area (Å²) in [6, 6.07) is 0. The highest BCUT2D eigenvalue weighted by atomic mass is 79.9. The zero-order chi connectivity index (χ0) is 9.19. The molecule has 0 aliphatic heterocycles. The van der Waals surface area contributed by atoms with Gasteiger partial charge >= 0.3 is 6.18 Å². The van der Waals surface area contributed by atoms with Gasteiger partial charge in [-0.05, 0) is 31.6 Å². The van der Waals surface area contributed by atoms with Crippen LogP contribution in [-0.4, -0.2) is 11.5 Å². The minimum absolute atomic E-state index is 0.319. The van der Waals surface area contributed by atoms with E-state index < -0.39 is 12.1 Å². The van der Waals surface area contributed by atoms with Crippen molar-refractivity contribution < 1.29 is 13.2 Å². The fraction of sp³-hybridized carbons (Fsp3) is 1.00. The van der Waals surface area contributed by atoms with Gasteiger partial charge < -0.3 is 0 Å². The molecule has 0 aromatic carbocycles. The Bertz CT molecular complexity index is 136. The maximum absolute atomic E-state index is 12.2. The smallest absolute Gasteiger partial charge is 0.171 e. The van der Waals surface area contributed by atoms with Gasteiger partial charge in [-0.2, -0.15) is 13.2 Å². The van der Waals surface area contributed by atoms with Crippen LogP contribution in [0.5, 0.6) is 0 Å². The van der Waals surface area contributed by atoms with Crippen molar-refractivity contribution in [3.63, 3.8) is 0 Å². The molecule has 0 saturated heterocycles. The fourth-order valence-electron chi connectivity index (χ4n) is 1.64. The molecule has 0 heterocycles. The summed E-state index contributed by atoms with van der Waals surface area (Å²) in [6.45, 7) is 0. The number of hydrogen-bond donors (Lipinski definition) is 0. The van der Waals surface area contributed by atoms with E-state index in [1.165, 1.54) is 0 Å². The fourth-order valence-corrected chi connectivity index (χ4v) is 2.29. The molecule has 1 aliphatic rings. The largest absolute Gasteiger partial charge is 0.391 e. The van der Waals surface area contributed by atoms with Crippen LogP contribution in [0.3, 0.4) is 0 Å². The first-order chi connectivity index (χ1) is 5.54. The summed E-state index contributed by atoms with van der Waals surface area (Å²) in [7, 11) is 0. The maximum atomic E-state index is 12.2. The quantitative estimate of drug-likeness (QED) is 0.617. The first-order valence-electron chi connectivity index (χ1n) is 4.16. The average molecular weight is 245 g/mol. The van der Waals surface area contributed by atoms with Gasteiger partial charge in [-0.15, -0.1) is 0 Å². The van der Waals surface area contributed by atoms with Gasteiger partial charge in [-0.3, -0.25) is 0 Å². The Hall–Kier alpha value is 0.270. The Labute approximate surface area is 78.7 Å². The molecule has 0 aromatic rings. The summed E-state index contributed by atoms with van der Waals surface area (Å²) in [5, 5.41) is 0.845. The molecule has 72 valence electrons. The topological polar surface area (TPSA) is 0 Å². The Morgan fingerprint density at radius 3 is 1.92 bits per heavy atom. The second-order valence-electron chi connectivity index (χ2n) is 3.41. The normalized spacial score (nSPS) is 32.0. The minimum Gasteiger partial charge on any atom is -0.171 e. The van der Waals surface area contributed by atoms with Crippen molar-refractivity contribution in [2.75, 3.05) is 5.33 Å². The predicted octanol–water partition coefficient (Wildman–Crippen LogP) is 3.75. The van der Waals surface area contributed by atoms with Gasteiger partial charge in [-0.1, -0.05) is 15.9 Å². The van der Waals surface area contributed by atoms with Crippen LogP contribution >= 0.6 is 15.9 Å².